The zero-order valence-electron chi connectivity index (χ0n) is 20.0. The molecule has 7 N–H and O–H groups in total. The Balaban J connectivity index is 2.30. The van der Waals surface area contributed by atoms with E-state index in [2.05, 4.69) is 5.32 Å². The number of anilines is 3. The van der Waals surface area contributed by atoms with Crippen LogP contribution in [0.25, 0.3) is 11.1 Å². The summed E-state index contributed by atoms with van der Waals surface area (Å²) in [7, 11) is 3.10. The highest BCUT2D eigenvalue weighted by molar-refractivity contribution is 6.08. The van der Waals surface area contributed by atoms with Crippen molar-refractivity contribution in [3.05, 3.63) is 64.7 Å². The van der Waals surface area contributed by atoms with Crippen LogP contribution in [0.15, 0.2) is 42.5 Å². The molecule has 186 valence electrons. The van der Waals surface area contributed by atoms with Crippen molar-refractivity contribution >= 4 is 23.0 Å². The maximum absolute atomic E-state index is 13.6. The molecule has 0 aromatic heterocycles. The number of ether oxygens (including phenoxy) is 2. The lowest BCUT2D eigenvalue weighted by molar-refractivity contribution is 0.100. The molecule has 0 radical (unpaired) electrons. The highest BCUT2D eigenvalue weighted by Crippen LogP contribution is 2.46. The minimum absolute atomic E-state index is 0.0320. The molecule has 0 saturated heterocycles. The second-order valence-corrected chi connectivity index (χ2v) is 7.94. The number of nitrogens with one attached hydrogen (secondary N) is 1. The molecule has 3 aromatic rings. The standard InChI is InChI=1S/C25H29F2N5O3/c1-13-5-10-19(35-4)14(2)20(13)21-22(28)18(32(30)25(26)27)11-17(24(29)33)23(21)31-12-15-6-8-16(34-3)9-7-15/h5-11,25,31H,12,28,30H2,1-4H3,(H2,29,33). The Morgan fingerprint density at radius 1 is 1.06 bits per heavy atom. The summed E-state index contributed by atoms with van der Waals surface area (Å²) in [6, 6.07) is 12.1. The number of alkyl halides is 2. The fourth-order valence-corrected chi connectivity index (χ4v) is 4.01. The summed E-state index contributed by atoms with van der Waals surface area (Å²) >= 11 is 0. The smallest absolute Gasteiger partial charge is 0.328 e. The second kappa shape index (κ2) is 10.5. The van der Waals surface area contributed by atoms with Gasteiger partial charge in [-0.2, -0.15) is 8.78 Å². The lowest BCUT2D eigenvalue weighted by atomic mass is 9.89. The molecule has 3 rings (SSSR count). The molecular weight excluding hydrogens is 456 g/mol. The first-order valence-corrected chi connectivity index (χ1v) is 10.7. The third-order valence-corrected chi connectivity index (χ3v) is 5.82. The van der Waals surface area contributed by atoms with E-state index in [9.17, 15) is 13.6 Å². The lowest BCUT2D eigenvalue weighted by Crippen LogP contribution is -2.37. The van der Waals surface area contributed by atoms with E-state index >= 15 is 0 Å². The molecule has 8 nitrogen and oxygen atoms in total. The number of nitrogens with two attached hydrogens (primary N) is 3. The number of carbonyl (C=O) groups excluding carboxylic acids is 1. The number of hydrogen-bond donors (Lipinski definition) is 4. The number of hydrogen-bond acceptors (Lipinski definition) is 7. The molecule has 0 aliphatic heterocycles. The van der Waals surface area contributed by atoms with Gasteiger partial charge in [0.1, 0.15) is 11.5 Å². The van der Waals surface area contributed by atoms with Crippen LogP contribution in [0, 0.1) is 13.8 Å². The maximum Gasteiger partial charge on any atom is 0.328 e. The number of carbonyl (C=O) groups is 1. The number of primary amides is 1. The van der Waals surface area contributed by atoms with Gasteiger partial charge in [0.05, 0.1) is 36.8 Å². The minimum Gasteiger partial charge on any atom is -0.497 e. The van der Waals surface area contributed by atoms with E-state index in [4.69, 9.17) is 26.8 Å². The predicted octanol–water partition coefficient (Wildman–Crippen LogP) is 4.18. The molecule has 0 unspecified atom stereocenters. The number of halogens is 2. The Morgan fingerprint density at radius 2 is 1.71 bits per heavy atom. The molecule has 0 fully saturated rings. The van der Waals surface area contributed by atoms with Gasteiger partial charge in [-0.15, -0.1) is 0 Å². The number of benzene rings is 3. The third kappa shape index (κ3) is 5.07. The van der Waals surface area contributed by atoms with Crippen LogP contribution in [0.3, 0.4) is 0 Å². The van der Waals surface area contributed by atoms with Gasteiger partial charge < -0.3 is 26.3 Å². The van der Waals surface area contributed by atoms with E-state index in [0.717, 1.165) is 11.1 Å². The average molecular weight is 486 g/mol. The van der Waals surface area contributed by atoms with Crippen molar-refractivity contribution in [3.63, 3.8) is 0 Å². The van der Waals surface area contributed by atoms with E-state index in [1.54, 1.807) is 25.3 Å². The first kappa shape index (κ1) is 25.6. The van der Waals surface area contributed by atoms with Crippen LogP contribution in [0.2, 0.25) is 0 Å². The van der Waals surface area contributed by atoms with Crippen molar-refractivity contribution in [3.8, 4) is 22.6 Å². The molecule has 0 aliphatic rings. The van der Waals surface area contributed by atoms with E-state index in [1.807, 2.05) is 32.0 Å². The van der Waals surface area contributed by atoms with Crippen molar-refractivity contribution < 1.29 is 23.0 Å². The normalized spacial score (nSPS) is 10.9. The number of nitrogens with zero attached hydrogens (tertiary/aromatic N) is 1. The summed E-state index contributed by atoms with van der Waals surface area (Å²) in [5.41, 5.74) is 15.5. The number of nitrogen functional groups attached to an aromatic ring is 1. The van der Waals surface area contributed by atoms with Gasteiger partial charge in [-0.05, 0) is 60.4 Å². The quantitative estimate of drug-likeness (QED) is 0.155. The Hall–Kier alpha value is -4.05. The fourth-order valence-electron chi connectivity index (χ4n) is 4.01. The topological polar surface area (TPSA) is 129 Å². The highest BCUT2D eigenvalue weighted by atomic mass is 19.3. The molecular formula is C25H29F2N5O3. The third-order valence-electron chi connectivity index (χ3n) is 5.82. The zero-order chi connectivity index (χ0) is 25.9. The van der Waals surface area contributed by atoms with Crippen LogP contribution < -0.4 is 37.1 Å². The van der Waals surface area contributed by atoms with Crippen LogP contribution in [-0.4, -0.2) is 26.7 Å². The van der Waals surface area contributed by atoms with Crippen LogP contribution >= 0.6 is 0 Å². The van der Waals surface area contributed by atoms with Crippen molar-refractivity contribution in [2.24, 2.45) is 11.6 Å². The summed E-state index contributed by atoms with van der Waals surface area (Å²) in [6.45, 7) is 0.895. The van der Waals surface area contributed by atoms with Gasteiger partial charge in [0.15, 0.2) is 0 Å². The van der Waals surface area contributed by atoms with Crippen molar-refractivity contribution in [1.29, 1.82) is 0 Å². The molecule has 0 heterocycles. The Labute approximate surface area is 202 Å². The Bertz CT molecular complexity index is 1230. The Kier molecular flexibility index (Phi) is 7.65. The van der Waals surface area contributed by atoms with E-state index < -0.39 is 12.5 Å². The molecule has 0 aliphatic carbocycles. The predicted molar refractivity (Wildman–Crippen MR) is 134 cm³/mol. The van der Waals surface area contributed by atoms with Crippen LogP contribution in [0.5, 0.6) is 11.5 Å². The van der Waals surface area contributed by atoms with Gasteiger partial charge in [0.25, 0.3) is 5.91 Å². The molecule has 0 spiro atoms. The van der Waals surface area contributed by atoms with Crippen LogP contribution in [0.1, 0.15) is 27.0 Å². The van der Waals surface area contributed by atoms with E-state index in [1.165, 1.54) is 13.2 Å². The fraction of sp³-hybridized carbons (Fsp3) is 0.240. The number of aryl methyl sites for hydroxylation is 1. The molecule has 0 atom stereocenters. The first-order chi connectivity index (χ1) is 16.6. The summed E-state index contributed by atoms with van der Waals surface area (Å²) in [6.07, 6.45) is 0. The molecule has 10 heteroatoms. The van der Waals surface area contributed by atoms with Gasteiger partial charge in [-0.3, -0.25) is 4.79 Å². The average Bonchev–Trinajstić information content (AvgIpc) is 2.83. The van der Waals surface area contributed by atoms with E-state index in [0.29, 0.717) is 40.4 Å². The highest BCUT2D eigenvalue weighted by Gasteiger charge is 2.27. The van der Waals surface area contributed by atoms with Gasteiger partial charge in [-0.25, -0.2) is 10.9 Å². The van der Waals surface area contributed by atoms with Crippen LogP contribution in [0.4, 0.5) is 25.8 Å². The van der Waals surface area contributed by atoms with Crippen molar-refractivity contribution in [2.75, 3.05) is 30.3 Å². The number of hydrazine groups is 1. The molecule has 0 bridgehead atoms. The van der Waals surface area contributed by atoms with Gasteiger partial charge in [-0.1, -0.05) is 18.2 Å². The van der Waals surface area contributed by atoms with E-state index in [-0.39, 0.29) is 21.9 Å². The maximum atomic E-state index is 13.6. The van der Waals surface area contributed by atoms with Crippen molar-refractivity contribution in [2.45, 2.75) is 26.9 Å². The Morgan fingerprint density at radius 3 is 2.26 bits per heavy atom. The number of amides is 1. The zero-order valence-corrected chi connectivity index (χ0v) is 20.0. The summed E-state index contributed by atoms with van der Waals surface area (Å²) in [5.74, 6) is 6.05. The van der Waals surface area contributed by atoms with Gasteiger partial charge in [0.2, 0.25) is 0 Å². The van der Waals surface area contributed by atoms with Crippen molar-refractivity contribution in [1.82, 2.24) is 0 Å². The monoisotopic (exact) mass is 485 g/mol. The van der Waals surface area contributed by atoms with Crippen LogP contribution in [-0.2, 0) is 6.54 Å². The number of rotatable bonds is 9. The SMILES string of the molecule is COc1ccc(CNc2c(C(N)=O)cc(N(N)C(F)F)c(N)c2-c2c(C)ccc(OC)c2C)cc1. The first-order valence-electron chi connectivity index (χ1n) is 10.7. The summed E-state index contributed by atoms with van der Waals surface area (Å²) < 4.78 is 37.8. The molecule has 1 amide bonds. The minimum atomic E-state index is -3.06. The molecule has 3 aromatic carbocycles. The second-order valence-electron chi connectivity index (χ2n) is 7.94. The number of methoxy groups -OCH3 is 2. The van der Waals surface area contributed by atoms with Gasteiger partial charge >= 0.3 is 6.55 Å². The largest absolute Gasteiger partial charge is 0.497 e. The lowest BCUT2D eigenvalue weighted by Gasteiger charge is -2.27. The molecule has 35 heavy (non-hydrogen) atoms. The summed E-state index contributed by atoms with van der Waals surface area (Å²) in [4.78, 5) is 12.5. The molecule has 0 saturated carbocycles. The summed E-state index contributed by atoms with van der Waals surface area (Å²) in [5, 5.41) is 3.45. The van der Waals surface area contributed by atoms with Gasteiger partial charge in [0, 0.05) is 12.1 Å².